The Morgan fingerprint density at radius 3 is 3.15 bits per heavy atom. The molecule has 0 spiro atoms. The zero-order valence-electron chi connectivity index (χ0n) is 7.06. The fourth-order valence-electron chi connectivity index (χ4n) is 1.12. The Hall–Kier alpha value is -1.46. The van der Waals surface area contributed by atoms with E-state index >= 15 is 0 Å². The van der Waals surface area contributed by atoms with Gasteiger partial charge in [-0.1, -0.05) is 0 Å². The molecule has 0 aliphatic carbocycles. The number of pyridine rings is 1. The van der Waals surface area contributed by atoms with Gasteiger partial charge in [-0.3, -0.25) is 10.1 Å². The van der Waals surface area contributed by atoms with Crippen LogP contribution in [0, 0.1) is 0 Å². The molecule has 0 fully saturated rings. The summed E-state index contributed by atoms with van der Waals surface area (Å²) in [6, 6.07) is 1.75. The molecule has 2 aromatic heterocycles. The number of aliphatic hydroxyl groups is 1. The highest BCUT2D eigenvalue weighted by Crippen LogP contribution is 2.16. The third-order valence-electron chi connectivity index (χ3n) is 1.82. The number of ether oxygens (including phenoxy) is 1. The molecule has 0 saturated carbocycles. The molecule has 2 N–H and O–H groups in total. The third-order valence-corrected chi connectivity index (χ3v) is 1.82. The minimum absolute atomic E-state index is 0.610. The Morgan fingerprint density at radius 2 is 2.38 bits per heavy atom. The van der Waals surface area contributed by atoms with E-state index in [1.807, 2.05) is 0 Å². The molecule has 0 aliphatic heterocycles. The number of hydrogen-bond donors (Lipinski definition) is 2. The predicted molar refractivity (Wildman–Crippen MR) is 45.9 cm³/mol. The Balaban J connectivity index is 2.48. The van der Waals surface area contributed by atoms with Gasteiger partial charge in [-0.2, -0.15) is 5.10 Å². The van der Waals surface area contributed by atoms with Crippen molar-refractivity contribution in [2.24, 2.45) is 0 Å². The van der Waals surface area contributed by atoms with Gasteiger partial charge < -0.3 is 9.84 Å². The fraction of sp³-hybridized carbons (Fsp3) is 0.250. The van der Waals surface area contributed by atoms with E-state index in [4.69, 9.17) is 4.74 Å². The lowest BCUT2D eigenvalue weighted by molar-refractivity contribution is -0.0770. The summed E-state index contributed by atoms with van der Waals surface area (Å²) in [5.41, 5.74) is 2.17. The van der Waals surface area contributed by atoms with E-state index in [9.17, 15) is 5.11 Å². The van der Waals surface area contributed by atoms with Gasteiger partial charge in [-0.15, -0.1) is 0 Å². The number of hydrogen-bond acceptors (Lipinski definition) is 4. The Bertz CT molecular complexity index is 412. The van der Waals surface area contributed by atoms with E-state index in [1.165, 1.54) is 7.11 Å². The summed E-state index contributed by atoms with van der Waals surface area (Å²) in [7, 11) is 1.43. The van der Waals surface area contributed by atoms with Crippen LogP contribution in [0.4, 0.5) is 0 Å². The molecular formula is C8H9N3O2. The quantitative estimate of drug-likeness (QED) is 0.662. The molecule has 0 aliphatic rings. The molecule has 0 radical (unpaired) electrons. The lowest BCUT2D eigenvalue weighted by Gasteiger charge is -2.06. The molecule has 1 unspecified atom stereocenters. The smallest absolute Gasteiger partial charge is 0.182 e. The molecule has 2 heterocycles. The van der Waals surface area contributed by atoms with Crippen molar-refractivity contribution in [2.45, 2.75) is 6.29 Å². The molecule has 68 valence electrons. The first kappa shape index (κ1) is 8.15. The fourth-order valence-corrected chi connectivity index (χ4v) is 1.12. The summed E-state index contributed by atoms with van der Waals surface area (Å²) in [6.07, 6.45) is 2.25. The molecule has 0 bridgehead atoms. The molecule has 0 amide bonds. The van der Waals surface area contributed by atoms with Gasteiger partial charge in [-0.05, 0) is 6.07 Å². The molecular weight excluding hydrogens is 170 g/mol. The van der Waals surface area contributed by atoms with Gasteiger partial charge >= 0.3 is 0 Å². The summed E-state index contributed by atoms with van der Waals surface area (Å²) in [5, 5.41) is 15.9. The zero-order chi connectivity index (χ0) is 9.26. The van der Waals surface area contributed by atoms with E-state index < -0.39 is 6.29 Å². The van der Waals surface area contributed by atoms with Crippen LogP contribution in [0.15, 0.2) is 18.5 Å². The van der Waals surface area contributed by atoms with E-state index in [1.54, 1.807) is 18.5 Å². The van der Waals surface area contributed by atoms with Gasteiger partial charge in [0, 0.05) is 18.9 Å². The Morgan fingerprint density at radius 1 is 1.54 bits per heavy atom. The number of rotatable bonds is 2. The standard InChI is InChI=1S/C8H9N3O2/c1-13-8(12)5-2-6-7(9-3-5)4-10-11-6/h2-4,8,12H,1H3,(H,10,11). The first-order valence-electron chi connectivity index (χ1n) is 3.81. The van der Waals surface area contributed by atoms with E-state index in [0.717, 1.165) is 11.0 Å². The highest BCUT2D eigenvalue weighted by Gasteiger charge is 2.07. The normalized spacial score (nSPS) is 13.4. The lowest BCUT2D eigenvalue weighted by atomic mass is 10.2. The van der Waals surface area contributed by atoms with Crippen LogP contribution < -0.4 is 0 Å². The second kappa shape index (κ2) is 3.12. The highest BCUT2D eigenvalue weighted by molar-refractivity contribution is 5.73. The number of aromatic amines is 1. The van der Waals surface area contributed by atoms with Gasteiger partial charge in [0.2, 0.25) is 0 Å². The second-order valence-electron chi connectivity index (χ2n) is 2.66. The van der Waals surface area contributed by atoms with Crippen molar-refractivity contribution in [2.75, 3.05) is 7.11 Å². The van der Waals surface area contributed by atoms with E-state index in [2.05, 4.69) is 15.2 Å². The van der Waals surface area contributed by atoms with E-state index in [-0.39, 0.29) is 0 Å². The number of H-pyrrole nitrogens is 1. The van der Waals surface area contributed by atoms with Gasteiger partial charge in [-0.25, -0.2) is 0 Å². The predicted octanol–water partition coefficient (Wildman–Crippen LogP) is 0.595. The summed E-state index contributed by atoms with van der Waals surface area (Å²) in [6.45, 7) is 0. The number of aromatic nitrogens is 3. The maximum Gasteiger partial charge on any atom is 0.182 e. The van der Waals surface area contributed by atoms with Crippen molar-refractivity contribution in [3.8, 4) is 0 Å². The SMILES string of the molecule is COC(O)c1cnc2cn[nH]c2c1. The molecule has 2 aromatic rings. The van der Waals surface area contributed by atoms with Crippen LogP contribution in [0.2, 0.25) is 0 Å². The van der Waals surface area contributed by atoms with Crippen LogP contribution in [-0.2, 0) is 4.74 Å². The number of nitrogens with zero attached hydrogens (tertiary/aromatic N) is 2. The number of methoxy groups -OCH3 is 1. The van der Waals surface area contributed by atoms with Gasteiger partial charge in [0.15, 0.2) is 6.29 Å². The molecule has 0 aromatic carbocycles. The monoisotopic (exact) mass is 179 g/mol. The largest absolute Gasteiger partial charge is 0.364 e. The van der Waals surface area contributed by atoms with Crippen LogP contribution >= 0.6 is 0 Å². The molecule has 1 atom stereocenters. The molecule has 2 rings (SSSR count). The van der Waals surface area contributed by atoms with Gasteiger partial charge in [0.05, 0.1) is 11.7 Å². The van der Waals surface area contributed by atoms with Crippen molar-refractivity contribution >= 4 is 11.0 Å². The number of fused-ring (bicyclic) bond motifs is 1. The van der Waals surface area contributed by atoms with Gasteiger partial charge in [0.1, 0.15) is 5.52 Å². The summed E-state index contributed by atoms with van der Waals surface area (Å²) < 4.78 is 4.74. The van der Waals surface area contributed by atoms with Crippen LogP contribution in [0.1, 0.15) is 11.9 Å². The van der Waals surface area contributed by atoms with Crippen LogP contribution in [0.5, 0.6) is 0 Å². The zero-order valence-corrected chi connectivity index (χ0v) is 7.06. The summed E-state index contributed by atoms with van der Waals surface area (Å²) >= 11 is 0. The topological polar surface area (TPSA) is 71.0 Å². The first-order chi connectivity index (χ1) is 6.31. The van der Waals surface area contributed by atoms with Crippen LogP contribution in [0.25, 0.3) is 11.0 Å². The second-order valence-corrected chi connectivity index (χ2v) is 2.66. The van der Waals surface area contributed by atoms with Crippen molar-refractivity contribution in [3.05, 3.63) is 24.0 Å². The highest BCUT2D eigenvalue weighted by atomic mass is 16.6. The van der Waals surface area contributed by atoms with Crippen molar-refractivity contribution in [1.29, 1.82) is 0 Å². The van der Waals surface area contributed by atoms with Crippen molar-refractivity contribution in [3.63, 3.8) is 0 Å². The number of aliphatic hydroxyl groups excluding tert-OH is 1. The Kier molecular flexibility index (Phi) is 1.96. The van der Waals surface area contributed by atoms with Crippen LogP contribution in [-0.4, -0.2) is 27.4 Å². The molecule has 5 heteroatoms. The van der Waals surface area contributed by atoms with E-state index in [0.29, 0.717) is 5.56 Å². The molecule has 0 saturated heterocycles. The first-order valence-corrected chi connectivity index (χ1v) is 3.81. The lowest BCUT2D eigenvalue weighted by Crippen LogP contribution is -1.99. The average molecular weight is 179 g/mol. The minimum atomic E-state index is -0.930. The maximum absolute atomic E-state index is 9.33. The minimum Gasteiger partial charge on any atom is -0.364 e. The van der Waals surface area contributed by atoms with Crippen LogP contribution in [0.3, 0.4) is 0 Å². The maximum atomic E-state index is 9.33. The summed E-state index contributed by atoms with van der Waals surface area (Å²) in [4.78, 5) is 4.08. The molecule has 5 nitrogen and oxygen atoms in total. The summed E-state index contributed by atoms with van der Waals surface area (Å²) in [5.74, 6) is 0. The Labute approximate surface area is 74.4 Å². The third kappa shape index (κ3) is 1.39. The average Bonchev–Trinajstić information content (AvgIpc) is 2.63. The number of nitrogens with one attached hydrogen (secondary N) is 1. The van der Waals surface area contributed by atoms with Gasteiger partial charge in [0.25, 0.3) is 0 Å². The molecule has 13 heavy (non-hydrogen) atoms. The van der Waals surface area contributed by atoms with Crippen molar-refractivity contribution in [1.82, 2.24) is 15.2 Å². The van der Waals surface area contributed by atoms with Crippen molar-refractivity contribution < 1.29 is 9.84 Å².